The van der Waals surface area contributed by atoms with Gasteiger partial charge in [0, 0.05) is 31.1 Å². The van der Waals surface area contributed by atoms with Crippen molar-refractivity contribution in [2.45, 2.75) is 167 Å². The van der Waals surface area contributed by atoms with Crippen molar-refractivity contribution in [3.05, 3.63) is 60.8 Å². The Morgan fingerprint density at radius 1 is 0.787 bits per heavy atom. The highest BCUT2D eigenvalue weighted by Crippen LogP contribution is 2.38. The molecule has 0 amide bonds. The molecule has 13 heteroatoms. The lowest BCUT2D eigenvalue weighted by Gasteiger charge is -2.28. The number of ketones is 1. The van der Waals surface area contributed by atoms with Gasteiger partial charge in [-0.05, 0) is 64.2 Å². The maximum Gasteiger partial charge on any atom is 0.306 e. The molecular weight excluding hydrogens is 797 g/mol. The monoisotopic (exact) mass is 880 g/mol. The van der Waals surface area contributed by atoms with Crippen LogP contribution in [0.25, 0.3) is 0 Å². The molecule has 0 aromatic carbocycles. The average Bonchev–Trinajstić information content (AvgIpc) is 3.47. The number of unbranched alkanes of at least 4 members (excludes halogenated alkanes) is 10. The van der Waals surface area contributed by atoms with Gasteiger partial charge in [-0.25, -0.2) is 0 Å². The third kappa shape index (κ3) is 31.7. The SMILES string of the molecule is CCCCCCCC/C=C\C/C=C\C/C=C\CCCC(=O)OC[C@H](COP(=O)([O-])OCC[N+](C)(C)C)OC(=O)CCC/C=C\C[C@H]1C(=O)C[C@@H](O)[C@@H]1/C=C/[C@@H](O)CCCCC. The van der Waals surface area contributed by atoms with Gasteiger partial charge < -0.3 is 38.1 Å². The van der Waals surface area contributed by atoms with E-state index >= 15 is 0 Å². The Balaban J connectivity index is 2.54. The van der Waals surface area contributed by atoms with Crippen LogP contribution in [-0.4, -0.2) is 98.2 Å². The standard InChI is InChI=1S/C48H82NO11P/c1-6-8-10-11-12-13-14-15-16-17-18-19-20-21-22-23-28-32-47(53)57-39-42(40-59-61(55,56)58-37-36-49(3,4)5)60-48(54)33-29-25-24-27-31-43-44(46(52)38-45(43)51)35-34-41(50)30-26-9-7-2/h15-16,18-19,21-22,24,27,34-35,41-44,46,50,52H,6-14,17,20,23,25-26,28-33,36-40H2,1-5H3/b16-15-,19-18-,22-21-,27-24-,35-34+/t41-,42+,43+,44+,46+/m0/s1. The first kappa shape index (κ1) is 56.3. The Kier molecular flexibility index (Phi) is 32.1. The molecule has 0 spiro atoms. The molecule has 12 nitrogen and oxygen atoms in total. The van der Waals surface area contributed by atoms with Gasteiger partial charge in [-0.15, -0.1) is 0 Å². The van der Waals surface area contributed by atoms with E-state index in [2.05, 4.69) is 44.2 Å². The first-order chi connectivity index (χ1) is 29.2. The third-order valence-electron chi connectivity index (χ3n) is 10.4. The summed E-state index contributed by atoms with van der Waals surface area (Å²) in [5.74, 6) is -1.86. The smallest absolute Gasteiger partial charge is 0.306 e. The second kappa shape index (κ2) is 34.7. The van der Waals surface area contributed by atoms with E-state index in [0.717, 1.165) is 38.5 Å². The lowest BCUT2D eigenvalue weighted by Crippen LogP contribution is -2.37. The van der Waals surface area contributed by atoms with Crippen LogP contribution in [0.4, 0.5) is 0 Å². The second-order valence-corrected chi connectivity index (χ2v) is 18.6. The highest BCUT2D eigenvalue weighted by atomic mass is 31.2. The maximum absolute atomic E-state index is 12.8. The van der Waals surface area contributed by atoms with Gasteiger partial charge in [0.2, 0.25) is 0 Å². The molecule has 0 aromatic heterocycles. The molecule has 0 bridgehead atoms. The van der Waals surface area contributed by atoms with Gasteiger partial charge in [-0.2, -0.15) is 0 Å². The largest absolute Gasteiger partial charge is 0.756 e. The first-order valence-corrected chi connectivity index (χ1v) is 24.6. The van der Waals surface area contributed by atoms with Gasteiger partial charge in [0.1, 0.15) is 25.5 Å². The van der Waals surface area contributed by atoms with Crippen LogP contribution in [0.1, 0.15) is 149 Å². The minimum atomic E-state index is -4.72. The van der Waals surface area contributed by atoms with E-state index in [1.807, 2.05) is 39.4 Å². The number of aliphatic hydroxyl groups is 2. The number of hydrogen-bond acceptors (Lipinski definition) is 11. The number of rotatable bonds is 37. The molecule has 0 saturated heterocycles. The third-order valence-corrected chi connectivity index (χ3v) is 11.3. The van der Waals surface area contributed by atoms with Crippen LogP contribution in [-0.2, 0) is 37.5 Å². The van der Waals surface area contributed by atoms with E-state index in [-0.39, 0.29) is 50.1 Å². The van der Waals surface area contributed by atoms with Gasteiger partial charge >= 0.3 is 11.9 Å². The van der Waals surface area contributed by atoms with Crippen LogP contribution in [0.15, 0.2) is 60.8 Å². The zero-order valence-electron chi connectivity index (χ0n) is 38.3. The predicted molar refractivity (Wildman–Crippen MR) is 241 cm³/mol. The number of allylic oxidation sites excluding steroid dienone is 8. The van der Waals surface area contributed by atoms with Crippen LogP contribution in [0.2, 0.25) is 0 Å². The number of phosphoric acid groups is 1. The Morgan fingerprint density at radius 3 is 2.02 bits per heavy atom. The summed E-state index contributed by atoms with van der Waals surface area (Å²) in [6.45, 7) is 3.73. The Hall–Kier alpha value is -2.70. The van der Waals surface area contributed by atoms with Crippen molar-refractivity contribution in [2.75, 3.05) is 47.5 Å². The van der Waals surface area contributed by atoms with E-state index < -0.39 is 44.7 Å². The molecular formula is C48H82NO11P. The Labute approximate surface area is 368 Å². The number of nitrogens with zero attached hydrogens (tertiary/aromatic N) is 1. The molecule has 0 heterocycles. The summed E-state index contributed by atoms with van der Waals surface area (Å²) >= 11 is 0. The van der Waals surface area contributed by atoms with E-state index in [1.165, 1.54) is 38.5 Å². The lowest BCUT2D eigenvalue weighted by molar-refractivity contribution is -0.870. The lowest BCUT2D eigenvalue weighted by atomic mass is 9.90. The molecule has 61 heavy (non-hydrogen) atoms. The molecule has 0 aliphatic heterocycles. The molecule has 1 unspecified atom stereocenters. The van der Waals surface area contributed by atoms with Gasteiger partial charge in [0.15, 0.2) is 6.10 Å². The summed E-state index contributed by atoms with van der Waals surface area (Å²) in [6.07, 6.45) is 34.8. The molecule has 1 rings (SSSR count). The quantitative estimate of drug-likeness (QED) is 0.0201. The minimum Gasteiger partial charge on any atom is -0.756 e. The normalized spacial score (nSPS) is 19.5. The summed E-state index contributed by atoms with van der Waals surface area (Å²) in [6, 6.07) is 0. The number of quaternary nitrogens is 1. The van der Waals surface area contributed by atoms with Crippen molar-refractivity contribution in [1.82, 2.24) is 0 Å². The van der Waals surface area contributed by atoms with Gasteiger partial charge in [-0.3, -0.25) is 18.9 Å². The molecule has 2 N–H and O–H groups in total. The van der Waals surface area contributed by atoms with Gasteiger partial charge in [0.05, 0.1) is 40.0 Å². The average molecular weight is 880 g/mol. The predicted octanol–water partition coefficient (Wildman–Crippen LogP) is 9.20. The van der Waals surface area contributed by atoms with Crippen LogP contribution >= 0.6 is 7.82 Å². The number of hydrogen-bond donors (Lipinski definition) is 2. The molecule has 1 saturated carbocycles. The number of Topliss-reactive ketones (excluding diaryl/α,β-unsaturated/α-hetero) is 1. The zero-order valence-corrected chi connectivity index (χ0v) is 39.2. The number of ether oxygens (including phenoxy) is 2. The molecule has 6 atom stereocenters. The van der Waals surface area contributed by atoms with Gasteiger partial charge in [-0.1, -0.05) is 126 Å². The first-order valence-electron chi connectivity index (χ1n) is 23.1. The fourth-order valence-corrected chi connectivity index (χ4v) is 7.38. The molecule has 0 radical (unpaired) electrons. The zero-order chi connectivity index (χ0) is 45.2. The summed E-state index contributed by atoms with van der Waals surface area (Å²) < 4.78 is 33.8. The topological polar surface area (TPSA) is 169 Å². The van der Waals surface area contributed by atoms with Crippen LogP contribution in [0.3, 0.4) is 0 Å². The van der Waals surface area contributed by atoms with Crippen LogP contribution < -0.4 is 4.89 Å². The molecule has 1 fully saturated rings. The van der Waals surface area contributed by atoms with Gasteiger partial charge in [0.25, 0.3) is 7.82 Å². The highest BCUT2D eigenvalue weighted by molar-refractivity contribution is 7.45. The van der Waals surface area contributed by atoms with Crippen molar-refractivity contribution >= 4 is 25.5 Å². The molecule has 350 valence electrons. The van der Waals surface area contributed by atoms with E-state index in [9.17, 15) is 34.1 Å². The summed E-state index contributed by atoms with van der Waals surface area (Å²) in [4.78, 5) is 50.3. The second-order valence-electron chi connectivity index (χ2n) is 17.2. The fourth-order valence-electron chi connectivity index (χ4n) is 6.65. The molecule has 1 aliphatic carbocycles. The van der Waals surface area contributed by atoms with Crippen molar-refractivity contribution in [1.29, 1.82) is 0 Å². The van der Waals surface area contributed by atoms with Crippen molar-refractivity contribution < 1.29 is 57.1 Å². The highest BCUT2D eigenvalue weighted by Gasteiger charge is 2.39. The summed E-state index contributed by atoms with van der Waals surface area (Å²) in [5, 5.41) is 20.7. The number of likely N-dealkylation sites (N-methyl/N-ethyl adjacent to an activating group) is 1. The number of carbonyl (C=O) groups excluding carboxylic acids is 3. The molecule has 1 aliphatic rings. The van der Waals surface area contributed by atoms with E-state index in [1.54, 1.807) is 12.2 Å². The Bertz CT molecular complexity index is 1390. The minimum absolute atomic E-state index is 0.0147. The maximum atomic E-state index is 12.8. The number of aliphatic hydroxyl groups excluding tert-OH is 2. The number of carbonyl (C=O) groups is 3. The Morgan fingerprint density at radius 2 is 1.36 bits per heavy atom. The van der Waals surface area contributed by atoms with E-state index in [4.69, 9.17) is 18.5 Å². The number of phosphoric ester groups is 1. The number of esters is 2. The van der Waals surface area contributed by atoms with Crippen LogP contribution in [0.5, 0.6) is 0 Å². The van der Waals surface area contributed by atoms with Crippen molar-refractivity contribution in [2.24, 2.45) is 11.8 Å². The summed E-state index contributed by atoms with van der Waals surface area (Å²) in [5.41, 5.74) is 0. The summed E-state index contributed by atoms with van der Waals surface area (Å²) in [7, 11) is 0.966. The van der Waals surface area contributed by atoms with Crippen molar-refractivity contribution in [3.63, 3.8) is 0 Å². The fraction of sp³-hybridized carbons (Fsp3) is 0.729. The van der Waals surface area contributed by atoms with Crippen molar-refractivity contribution in [3.8, 4) is 0 Å². The van der Waals surface area contributed by atoms with Crippen LogP contribution in [0, 0.1) is 11.8 Å². The van der Waals surface area contributed by atoms with E-state index in [0.29, 0.717) is 49.6 Å². The molecule has 0 aromatic rings.